The van der Waals surface area contributed by atoms with Crippen LogP contribution in [0.25, 0.3) is 0 Å². The highest BCUT2D eigenvalue weighted by molar-refractivity contribution is 4.81. The summed E-state index contributed by atoms with van der Waals surface area (Å²) in [6.45, 7) is 6.80. The van der Waals surface area contributed by atoms with E-state index < -0.39 is 0 Å². The first-order valence-corrected chi connectivity index (χ1v) is 4.83. The predicted molar refractivity (Wildman–Crippen MR) is 47.3 cm³/mol. The molecule has 1 rings (SSSR count). The van der Waals surface area contributed by atoms with E-state index in [9.17, 15) is 5.11 Å². The van der Waals surface area contributed by atoms with E-state index in [2.05, 4.69) is 20.8 Å². The van der Waals surface area contributed by atoms with Crippen molar-refractivity contribution >= 4 is 0 Å². The molecule has 0 aromatic heterocycles. The predicted octanol–water partition coefficient (Wildman–Crippen LogP) is 2.44. The van der Waals surface area contributed by atoms with Crippen molar-refractivity contribution in [1.29, 1.82) is 0 Å². The van der Waals surface area contributed by atoms with Crippen molar-refractivity contribution in [3.05, 3.63) is 0 Å². The van der Waals surface area contributed by atoms with E-state index in [1.807, 2.05) is 0 Å². The van der Waals surface area contributed by atoms with Crippen molar-refractivity contribution in [3.63, 3.8) is 0 Å². The van der Waals surface area contributed by atoms with E-state index >= 15 is 0 Å². The van der Waals surface area contributed by atoms with Gasteiger partial charge in [-0.15, -0.1) is 0 Å². The van der Waals surface area contributed by atoms with E-state index in [0.717, 1.165) is 30.6 Å². The summed E-state index contributed by atoms with van der Waals surface area (Å²) in [7, 11) is 0. The fourth-order valence-electron chi connectivity index (χ4n) is 2.67. The number of hydrogen-bond acceptors (Lipinski definition) is 1. The summed E-state index contributed by atoms with van der Waals surface area (Å²) >= 11 is 0. The van der Waals surface area contributed by atoms with Gasteiger partial charge in [-0.2, -0.15) is 0 Å². The maximum atomic E-state index is 9.46. The third-order valence-corrected chi connectivity index (χ3v) is 3.22. The molecule has 1 aliphatic rings. The third kappa shape index (κ3) is 1.96. The Morgan fingerprint density at radius 3 is 2.00 bits per heavy atom. The molecule has 0 amide bonds. The Morgan fingerprint density at radius 2 is 1.64 bits per heavy atom. The second-order valence-electron chi connectivity index (χ2n) is 4.15. The van der Waals surface area contributed by atoms with Crippen LogP contribution in [0.2, 0.25) is 0 Å². The molecule has 0 bridgehead atoms. The summed E-state index contributed by atoms with van der Waals surface area (Å²) in [5, 5.41) is 9.46. The fraction of sp³-hybridized carbons (Fsp3) is 1.00. The molecule has 2 unspecified atom stereocenters. The summed E-state index contributed by atoms with van der Waals surface area (Å²) in [4.78, 5) is 0. The molecule has 0 spiro atoms. The van der Waals surface area contributed by atoms with Gasteiger partial charge < -0.3 is 5.11 Å². The number of hydrogen-bond donors (Lipinski definition) is 1. The molecule has 2 atom stereocenters. The Morgan fingerprint density at radius 1 is 1.18 bits per heavy atom. The van der Waals surface area contributed by atoms with Crippen LogP contribution in [0.3, 0.4) is 0 Å². The van der Waals surface area contributed by atoms with Gasteiger partial charge in [0.15, 0.2) is 0 Å². The first-order chi connectivity index (χ1) is 5.15. The molecular formula is C10H20O. The minimum absolute atomic E-state index is 0.0252. The summed E-state index contributed by atoms with van der Waals surface area (Å²) < 4.78 is 0. The normalized spacial score (nSPS) is 45.8. The summed E-state index contributed by atoms with van der Waals surface area (Å²) in [6.07, 6.45) is 3.28. The summed E-state index contributed by atoms with van der Waals surface area (Å²) in [5.74, 6) is 2.29. The van der Waals surface area contributed by atoms with Crippen molar-refractivity contribution in [2.24, 2.45) is 17.8 Å². The van der Waals surface area contributed by atoms with E-state index in [4.69, 9.17) is 0 Å². The van der Waals surface area contributed by atoms with Gasteiger partial charge in [0.2, 0.25) is 0 Å². The van der Waals surface area contributed by atoms with E-state index in [-0.39, 0.29) is 6.10 Å². The molecule has 0 radical (unpaired) electrons. The Labute approximate surface area is 69.8 Å². The Bertz CT molecular complexity index is 110. The van der Waals surface area contributed by atoms with Gasteiger partial charge in [-0.05, 0) is 30.6 Å². The molecule has 1 fully saturated rings. The molecular weight excluding hydrogens is 136 g/mol. The van der Waals surface area contributed by atoms with Crippen molar-refractivity contribution in [2.45, 2.75) is 46.1 Å². The second-order valence-corrected chi connectivity index (χ2v) is 4.15. The molecule has 0 aliphatic heterocycles. The monoisotopic (exact) mass is 156 g/mol. The highest BCUT2D eigenvalue weighted by atomic mass is 16.3. The molecule has 1 heteroatoms. The molecule has 1 saturated carbocycles. The Kier molecular flexibility index (Phi) is 2.94. The lowest BCUT2D eigenvalue weighted by Gasteiger charge is -2.36. The maximum Gasteiger partial charge on any atom is 0.0545 e. The Balaban J connectivity index is 2.52. The van der Waals surface area contributed by atoms with Crippen LogP contribution in [0.15, 0.2) is 0 Å². The van der Waals surface area contributed by atoms with Crippen LogP contribution in [0, 0.1) is 17.8 Å². The molecule has 0 saturated heterocycles. The zero-order valence-corrected chi connectivity index (χ0v) is 7.88. The number of rotatable bonds is 1. The highest BCUT2D eigenvalue weighted by Crippen LogP contribution is 2.36. The van der Waals surface area contributed by atoms with Crippen molar-refractivity contribution in [1.82, 2.24) is 0 Å². The summed E-state index contributed by atoms with van der Waals surface area (Å²) in [5.41, 5.74) is 0. The van der Waals surface area contributed by atoms with Gasteiger partial charge in [-0.3, -0.25) is 0 Å². The third-order valence-electron chi connectivity index (χ3n) is 3.22. The molecule has 1 N–H and O–H groups in total. The molecule has 1 aliphatic carbocycles. The van der Waals surface area contributed by atoms with Crippen LogP contribution < -0.4 is 0 Å². The van der Waals surface area contributed by atoms with Gasteiger partial charge >= 0.3 is 0 Å². The Hall–Kier alpha value is -0.0400. The van der Waals surface area contributed by atoms with Gasteiger partial charge in [-0.1, -0.05) is 27.2 Å². The van der Waals surface area contributed by atoms with Gasteiger partial charge in [0.1, 0.15) is 0 Å². The minimum atomic E-state index is -0.0252. The maximum absolute atomic E-state index is 9.46. The lowest BCUT2D eigenvalue weighted by molar-refractivity contribution is 0.0385. The summed E-state index contributed by atoms with van der Waals surface area (Å²) in [6, 6.07) is 0. The van der Waals surface area contributed by atoms with E-state index in [0.29, 0.717) is 0 Å². The lowest BCUT2D eigenvalue weighted by Crippen LogP contribution is -2.31. The van der Waals surface area contributed by atoms with E-state index in [1.165, 1.54) is 6.42 Å². The molecule has 0 aromatic rings. The smallest absolute Gasteiger partial charge is 0.0545 e. The van der Waals surface area contributed by atoms with Gasteiger partial charge in [0, 0.05) is 0 Å². The van der Waals surface area contributed by atoms with Crippen LogP contribution in [0.1, 0.15) is 40.0 Å². The number of aliphatic hydroxyl groups is 1. The van der Waals surface area contributed by atoms with Crippen LogP contribution >= 0.6 is 0 Å². The van der Waals surface area contributed by atoms with Gasteiger partial charge in [0.25, 0.3) is 0 Å². The second kappa shape index (κ2) is 3.57. The van der Waals surface area contributed by atoms with Gasteiger partial charge in [-0.25, -0.2) is 0 Å². The van der Waals surface area contributed by atoms with Crippen molar-refractivity contribution < 1.29 is 5.11 Å². The molecule has 0 aromatic carbocycles. The SMILES string of the molecule is CCC1C(C)CC(O)CC1C. The standard InChI is InChI=1S/C10H20O/c1-4-10-7(2)5-9(11)6-8(10)3/h7-11H,4-6H2,1-3H3. The largest absolute Gasteiger partial charge is 0.393 e. The number of aliphatic hydroxyl groups excluding tert-OH is 1. The highest BCUT2D eigenvalue weighted by Gasteiger charge is 2.30. The fourth-order valence-corrected chi connectivity index (χ4v) is 2.67. The quantitative estimate of drug-likeness (QED) is 0.618. The topological polar surface area (TPSA) is 20.2 Å². The van der Waals surface area contributed by atoms with E-state index in [1.54, 1.807) is 0 Å². The average molecular weight is 156 g/mol. The zero-order chi connectivity index (χ0) is 8.43. The average Bonchev–Trinajstić information content (AvgIpc) is 1.85. The molecule has 1 nitrogen and oxygen atoms in total. The van der Waals surface area contributed by atoms with Crippen molar-refractivity contribution in [2.75, 3.05) is 0 Å². The first kappa shape index (κ1) is 9.05. The first-order valence-electron chi connectivity index (χ1n) is 4.83. The molecule has 0 heterocycles. The zero-order valence-electron chi connectivity index (χ0n) is 7.88. The van der Waals surface area contributed by atoms with Crippen LogP contribution in [-0.2, 0) is 0 Å². The van der Waals surface area contributed by atoms with Gasteiger partial charge in [0.05, 0.1) is 6.10 Å². The lowest BCUT2D eigenvalue weighted by atomic mass is 9.71. The molecule has 66 valence electrons. The van der Waals surface area contributed by atoms with Crippen LogP contribution in [-0.4, -0.2) is 11.2 Å². The minimum Gasteiger partial charge on any atom is -0.393 e. The van der Waals surface area contributed by atoms with Crippen molar-refractivity contribution in [3.8, 4) is 0 Å². The van der Waals surface area contributed by atoms with Crippen LogP contribution in [0.4, 0.5) is 0 Å². The van der Waals surface area contributed by atoms with Crippen LogP contribution in [0.5, 0.6) is 0 Å². The molecule has 11 heavy (non-hydrogen) atoms.